The number of morpholine rings is 1. The molecule has 33 heavy (non-hydrogen) atoms. The van der Waals surface area contributed by atoms with E-state index in [2.05, 4.69) is 55.9 Å². The summed E-state index contributed by atoms with van der Waals surface area (Å²) in [7, 11) is -3.50. The van der Waals surface area contributed by atoms with Gasteiger partial charge in [-0.05, 0) is 56.6 Å². The molecule has 1 aliphatic rings. The highest BCUT2D eigenvalue weighted by Gasteiger charge is 2.35. The maximum atomic E-state index is 14.4. The number of rotatable bonds is 12. The lowest BCUT2D eigenvalue weighted by Crippen LogP contribution is -2.42. The minimum atomic E-state index is -3.50. The summed E-state index contributed by atoms with van der Waals surface area (Å²) >= 11 is 0. The fourth-order valence-electron chi connectivity index (χ4n) is 3.83. The van der Waals surface area contributed by atoms with Crippen LogP contribution in [0.2, 0.25) is 0 Å². The summed E-state index contributed by atoms with van der Waals surface area (Å²) in [4.78, 5) is 14.6. The first-order chi connectivity index (χ1) is 15.6. The molecule has 188 valence electrons. The molecule has 1 aromatic rings. The van der Waals surface area contributed by atoms with E-state index in [0.717, 1.165) is 24.0 Å². The largest absolute Gasteiger partial charge is 0.462 e. The van der Waals surface area contributed by atoms with Gasteiger partial charge in [-0.1, -0.05) is 45.9 Å². The third-order valence-corrected chi connectivity index (χ3v) is 8.22. The quantitative estimate of drug-likeness (QED) is 0.311. The Bertz CT molecular complexity index is 782. The minimum Gasteiger partial charge on any atom is -0.462 e. The van der Waals surface area contributed by atoms with Gasteiger partial charge in [-0.25, -0.2) is 5.09 Å². The third kappa shape index (κ3) is 8.10. The summed E-state index contributed by atoms with van der Waals surface area (Å²) in [6.45, 7) is 16.4. The fraction of sp³-hybridized carbons (Fsp3) is 0.720. The number of nitrogens with zero attached hydrogens (tertiary/aromatic N) is 1. The van der Waals surface area contributed by atoms with Crippen LogP contribution in [0.5, 0.6) is 5.75 Å². The molecular weight excluding hydrogens is 439 g/mol. The van der Waals surface area contributed by atoms with Gasteiger partial charge in [0.25, 0.3) is 0 Å². The molecule has 1 aliphatic heterocycles. The summed E-state index contributed by atoms with van der Waals surface area (Å²) in [5.74, 6) is 0.760. The first-order valence-electron chi connectivity index (χ1n) is 12.3. The molecule has 8 heteroatoms. The third-order valence-electron chi connectivity index (χ3n) is 6.19. The predicted molar refractivity (Wildman–Crippen MR) is 133 cm³/mol. The second kappa shape index (κ2) is 12.9. The average Bonchev–Trinajstić information content (AvgIpc) is 2.78. The molecule has 2 rings (SSSR count). The second-order valence-electron chi connectivity index (χ2n) is 9.36. The van der Waals surface area contributed by atoms with Gasteiger partial charge in [-0.15, -0.1) is 0 Å². The molecule has 0 saturated carbocycles. The zero-order valence-electron chi connectivity index (χ0n) is 21.4. The number of hydrogen-bond donors (Lipinski definition) is 1. The lowest BCUT2D eigenvalue weighted by atomic mass is 9.90. The van der Waals surface area contributed by atoms with E-state index in [-0.39, 0.29) is 24.2 Å². The monoisotopic (exact) mass is 482 g/mol. The Kier molecular flexibility index (Phi) is 10.9. The van der Waals surface area contributed by atoms with Crippen molar-refractivity contribution in [2.75, 3.05) is 32.6 Å². The van der Waals surface area contributed by atoms with Crippen LogP contribution in [0.25, 0.3) is 0 Å². The Balaban J connectivity index is 2.44. The van der Waals surface area contributed by atoms with Crippen molar-refractivity contribution in [1.82, 2.24) is 9.99 Å². The number of carbonyl (C=O) groups is 1. The molecule has 1 saturated heterocycles. The number of carbonyl (C=O) groups excluding carboxylic acids is 1. The van der Waals surface area contributed by atoms with Crippen LogP contribution in [0.1, 0.15) is 84.3 Å². The van der Waals surface area contributed by atoms with Crippen LogP contribution in [-0.4, -0.2) is 55.6 Å². The Morgan fingerprint density at radius 1 is 1.06 bits per heavy atom. The zero-order chi connectivity index (χ0) is 24.6. The van der Waals surface area contributed by atoms with E-state index in [1.54, 1.807) is 20.8 Å². The molecule has 0 aromatic heterocycles. The van der Waals surface area contributed by atoms with Crippen molar-refractivity contribution in [3.05, 3.63) is 29.3 Å². The van der Waals surface area contributed by atoms with Crippen molar-refractivity contribution < 1.29 is 23.4 Å². The number of nitrogens with one attached hydrogen (secondary N) is 1. The summed E-state index contributed by atoms with van der Waals surface area (Å²) in [5, 5.41) is 3.04. The number of benzene rings is 1. The van der Waals surface area contributed by atoms with Crippen LogP contribution in [0.3, 0.4) is 0 Å². The van der Waals surface area contributed by atoms with Gasteiger partial charge in [0, 0.05) is 13.1 Å². The van der Waals surface area contributed by atoms with Crippen LogP contribution in [0.15, 0.2) is 18.2 Å². The molecule has 0 bridgehead atoms. The van der Waals surface area contributed by atoms with E-state index >= 15 is 0 Å². The lowest BCUT2D eigenvalue weighted by Gasteiger charge is -2.33. The van der Waals surface area contributed by atoms with Crippen LogP contribution >= 0.6 is 7.52 Å². The second-order valence-corrected chi connectivity index (χ2v) is 11.4. The first-order valence-corrected chi connectivity index (χ1v) is 14.1. The molecule has 4 atom stereocenters. The number of ether oxygens (including phenoxy) is 2. The average molecular weight is 483 g/mol. The zero-order valence-corrected chi connectivity index (χ0v) is 22.3. The predicted octanol–water partition coefficient (Wildman–Crippen LogP) is 5.50. The van der Waals surface area contributed by atoms with Crippen LogP contribution in [0.4, 0.5) is 0 Å². The van der Waals surface area contributed by atoms with Gasteiger partial charge in [0.15, 0.2) is 0 Å². The molecule has 3 unspecified atom stereocenters. The molecule has 7 nitrogen and oxygen atoms in total. The molecule has 0 aliphatic carbocycles. The van der Waals surface area contributed by atoms with E-state index < -0.39 is 19.5 Å². The van der Waals surface area contributed by atoms with Crippen LogP contribution < -0.4 is 9.61 Å². The van der Waals surface area contributed by atoms with Gasteiger partial charge >= 0.3 is 13.5 Å². The first kappa shape index (κ1) is 27.8. The molecule has 1 N–H and O–H groups in total. The molecule has 1 heterocycles. The number of hydrogen-bond acceptors (Lipinski definition) is 6. The van der Waals surface area contributed by atoms with Gasteiger partial charge in [-0.3, -0.25) is 14.3 Å². The Morgan fingerprint density at radius 2 is 1.61 bits per heavy atom. The van der Waals surface area contributed by atoms with Crippen molar-refractivity contribution in [3.8, 4) is 5.75 Å². The topological polar surface area (TPSA) is 77.1 Å². The van der Waals surface area contributed by atoms with E-state index in [1.807, 2.05) is 0 Å². The number of esters is 1. The van der Waals surface area contributed by atoms with Gasteiger partial charge < -0.3 is 14.0 Å². The highest BCUT2D eigenvalue weighted by molar-refractivity contribution is 7.57. The Hall–Kier alpha value is -1.40. The van der Waals surface area contributed by atoms with Crippen LogP contribution in [-0.2, 0) is 18.8 Å². The molecule has 1 fully saturated rings. The molecule has 0 amide bonds. The fourth-order valence-corrected chi connectivity index (χ4v) is 6.03. The van der Waals surface area contributed by atoms with Gasteiger partial charge in [0.2, 0.25) is 0 Å². The summed E-state index contributed by atoms with van der Waals surface area (Å²) in [5.41, 5.74) is 2.11. The van der Waals surface area contributed by atoms with E-state index in [1.165, 1.54) is 0 Å². The van der Waals surface area contributed by atoms with Crippen molar-refractivity contribution in [3.63, 3.8) is 0 Å². The van der Waals surface area contributed by atoms with Gasteiger partial charge in [0.05, 0.1) is 19.3 Å². The van der Waals surface area contributed by atoms with Gasteiger partial charge in [0.1, 0.15) is 18.1 Å². The lowest BCUT2D eigenvalue weighted by molar-refractivity contribution is -0.149. The highest BCUT2D eigenvalue weighted by atomic mass is 31.2. The normalized spacial score (nSPS) is 19.5. The Labute approximate surface area is 200 Å². The maximum absolute atomic E-state index is 14.4. The molecular formula is C25H43N2O5P. The van der Waals surface area contributed by atoms with E-state index in [9.17, 15) is 9.36 Å². The standard InChI is InChI=1S/C25H43N2O5P/c1-8-19(5)22-11-10-12-23(20(6)9-2)24(22)32-33(29,17-27-13-15-30-16-14-27)26-21(7)25(28)31-18(3)4/h10-12,18-21H,8-9,13-17H2,1-7H3,(H,26,29)/t19?,20?,21-,33?/m0/s1. The number of para-hydroxylation sites is 1. The van der Waals surface area contributed by atoms with E-state index in [4.69, 9.17) is 14.0 Å². The van der Waals surface area contributed by atoms with Crippen LogP contribution in [0, 0.1) is 0 Å². The molecule has 0 radical (unpaired) electrons. The summed E-state index contributed by atoms with van der Waals surface area (Å²) < 4.78 is 31.7. The maximum Gasteiger partial charge on any atom is 0.331 e. The smallest absolute Gasteiger partial charge is 0.331 e. The van der Waals surface area contributed by atoms with Crippen molar-refractivity contribution in [2.45, 2.75) is 85.3 Å². The SMILES string of the molecule is CCC(C)c1cccc(C(C)CC)c1OP(=O)(CN1CCOCC1)N[C@@H](C)C(=O)OC(C)C. The minimum absolute atomic E-state index is 0.199. The van der Waals surface area contributed by atoms with Crippen molar-refractivity contribution >= 4 is 13.5 Å². The Morgan fingerprint density at radius 3 is 2.09 bits per heavy atom. The van der Waals surface area contributed by atoms with E-state index in [0.29, 0.717) is 32.1 Å². The molecule has 0 spiro atoms. The van der Waals surface area contributed by atoms with Crippen molar-refractivity contribution in [1.29, 1.82) is 0 Å². The van der Waals surface area contributed by atoms with Gasteiger partial charge in [-0.2, -0.15) is 0 Å². The highest BCUT2D eigenvalue weighted by Crippen LogP contribution is 2.49. The summed E-state index contributed by atoms with van der Waals surface area (Å²) in [6.07, 6.45) is 1.84. The summed E-state index contributed by atoms with van der Waals surface area (Å²) in [6, 6.07) is 5.41. The van der Waals surface area contributed by atoms with Crippen molar-refractivity contribution in [2.24, 2.45) is 0 Å². The molecule has 1 aromatic carbocycles.